The van der Waals surface area contributed by atoms with Crippen LogP contribution in [0.1, 0.15) is 20.8 Å². The fraction of sp³-hybridized carbons (Fsp3) is 0.750. The SMILES string of the molecule is CC(=O)OCC1OC(S)[C@@H](OC(C)=O)C(O)[C@H]1OC(C)=O. The first kappa shape index (κ1) is 17.7. The van der Waals surface area contributed by atoms with Crippen LogP contribution in [0.3, 0.4) is 0 Å². The summed E-state index contributed by atoms with van der Waals surface area (Å²) in [5.41, 5.74) is -0.948. The third-order valence-corrected chi connectivity index (χ3v) is 3.11. The Morgan fingerprint density at radius 1 is 1.05 bits per heavy atom. The molecule has 9 heteroatoms. The van der Waals surface area contributed by atoms with Crippen LogP contribution in [-0.4, -0.2) is 59.5 Å². The first-order valence-electron chi connectivity index (χ1n) is 6.21. The molecular weight excluding hydrogens is 304 g/mol. The van der Waals surface area contributed by atoms with Gasteiger partial charge in [0.2, 0.25) is 0 Å². The van der Waals surface area contributed by atoms with E-state index < -0.39 is 47.8 Å². The lowest BCUT2D eigenvalue weighted by Gasteiger charge is -2.41. The topological polar surface area (TPSA) is 108 Å². The number of thiol groups is 1. The van der Waals surface area contributed by atoms with Crippen LogP contribution in [0.5, 0.6) is 0 Å². The quantitative estimate of drug-likeness (QED) is 0.402. The van der Waals surface area contributed by atoms with Gasteiger partial charge in [-0.25, -0.2) is 0 Å². The van der Waals surface area contributed by atoms with E-state index in [0.717, 1.165) is 6.92 Å². The van der Waals surface area contributed by atoms with Crippen molar-refractivity contribution >= 4 is 30.5 Å². The van der Waals surface area contributed by atoms with E-state index in [1.165, 1.54) is 13.8 Å². The molecule has 0 saturated carbocycles. The van der Waals surface area contributed by atoms with Crippen LogP contribution in [0.25, 0.3) is 0 Å². The Hall–Kier alpha value is -1.32. The van der Waals surface area contributed by atoms with E-state index in [-0.39, 0.29) is 6.61 Å². The maximum Gasteiger partial charge on any atom is 0.303 e. The van der Waals surface area contributed by atoms with E-state index >= 15 is 0 Å². The fourth-order valence-corrected chi connectivity index (χ4v) is 2.29. The predicted octanol–water partition coefficient (Wildman–Crippen LogP) is -0.572. The minimum absolute atomic E-state index is 0.228. The molecule has 3 unspecified atom stereocenters. The number of aliphatic hydroxyl groups excluding tert-OH is 1. The maximum atomic E-state index is 11.1. The lowest BCUT2D eigenvalue weighted by molar-refractivity contribution is -0.229. The van der Waals surface area contributed by atoms with Gasteiger partial charge < -0.3 is 24.1 Å². The van der Waals surface area contributed by atoms with Crippen molar-refractivity contribution in [2.75, 3.05) is 6.61 Å². The van der Waals surface area contributed by atoms with Crippen LogP contribution < -0.4 is 0 Å². The first-order valence-corrected chi connectivity index (χ1v) is 6.73. The maximum absolute atomic E-state index is 11.1. The number of ether oxygens (including phenoxy) is 4. The second-order valence-electron chi connectivity index (χ2n) is 4.51. The molecular formula is C12H18O8S. The van der Waals surface area contributed by atoms with Crippen LogP contribution >= 0.6 is 12.6 Å². The van der Waals surface area contributed by atoms with E-state index in [2.05, 4.69) is 12.6 Å². The highest BCUT2D eigenvalue weighted by atomic mass is 32.1. The summed E-state index contributed by atoms with van der Waals surface area (Å²) in [4.78, 5) is 33.0. The molecule has 0 spiro atoms. The smallest absolute Gasteiger partial charge is 0.303 e. The minimum Gasteiger partial charge on any atom is -0.463 e. The number of hydrogen-bond donors (Lipinski definition) is 2. The summed E-state index contributed by atoms with van der Waals surface area (Å²) >= 11 is 4.08. The van der Waals surface area contributed by atoms with Gasteiger partial charge in [0.1, 0.15) is 24.3 Å². The monoisotopic (exact) mass is 322 g/mol. The highest BCUT2D eigenvalue weighted by Gasteiger charge is 2.48. The molecule has 21 heavy (non-hydrogen) atoms. The number of aliphatic hydroxyl groups is 1. The highest BCUT2D eigenvalue weighted by Crippen LogP contribution is 2.28. The highest BCUT2D eigenvalue weighted by molar-refractivity contribution is 7.80. The van der Waals surface area contributed by atoms with Gasteiger partial charge in [-0.2, -0.15) is 0 Å². The van der Waals surface area contributed by atoms with E-state index in [4.69, 9.17) is 18.9 Å². The Bertz CT molecular complexity index is 410. The van der Waals surface area contributed by atoms with Crippen molar-refractivity contribution in [3.63, 3.8) is 0 Å². The number of hydrogen-bond acceptors (Lipinski definition) is 9. The second kappa shape index (κ2) is 7.62. The number of carbonyl (C=O) groups excluding carboxylic acids is 3. The van der Waals surface area contributed by atoms with Crippen molar-refractivity contribution in [1.29, 1.82) is 0 Å². The van der Waals surface area contributed by atoms with Crippen LogP contribution in [0.2, 0.25) is 0 Å². The molecule has 8 nitrogen and oxygen atoms in total. The summed E-state index contributed by atoms with van der Waals surface area (Å²) in [6.07, 6.45) is -4.52. The molecule has 1 saturated heterocycles. The summed E-state index contributed by atoms with van der Waals surface area (Å²) in [7, 11) is 0. The predicted molar refractivity (Wildman–Crippen MR) is 71.4 cm³/mol. The van der Waals surface area contributed by atoms with Gasteiger partial charge >= 0.3 is 17.9 Å². The standard InChI is InChI=1S/C12H18O8S/c1-5(13)17-4-8-10(18-6(2)14)9(16)11(12(21)20-8)19-7(3)15/h8-12,16,21H,4H2,1-3H3/t8?,9?,10-,11-,12?/m0/s1. The zero-order chi connectivity index (χ0) is 16.2. The van der Waals surface area contributed by atoms with E-state index in [1.54, 1.807) is 0 Å². The molecule has 5 atom stereocenters. The molecule has 0 aliphatic carbocycles. The molecule has 1 heterocycles. The van der Waals surface area contributed by atoms with E-state index in [1.807, 2.05) is 0 Å². The Labute approximate surface area is 127 Å². The van der Waals surface area contributed by atoms with Gasteiger partial charge in [0.05, 0.1) is 0 Å². The molecule has 0 radical (unpaired) electrons. The summed E-state index contributed by atoms with van der Waals surface area (Å²) < 4.78 is 20.1. The van der Waals surface area contributed by atoms with Gasteiger partial charge in [-0.3, -0.25) is 14.4 Å². The van der Waals surface area contributed by atoms with Crippen molar-refractivity contribution in [1.82, 2.24) is 0 Å². The van der Waals surface area contributed by atoms with Crippen LogP contribution in [0.15, 0.2) is 0 Å². The van der Waals surface area contributed by atoms with Crippen LogP contribution in [0.4, 0.5) is 0 Å². The first-order chi connectivity index (χ1) is 9.72. The summed E-state index contributed by atoms with van der Waals surface area (Å²) in [6, 6.07) is 0. The molecule has 120 valence electrons. The zero-order valence-corrected chi connectivity index (χ0v) is 12.7. The molecule has 0 aromatic rings. The number of rotatable bonds is 4. The fourth-order valence-electron chi connectivity index (χ4n) is 1.90. The normalized spacial score (nSPS) is 32.1. The van der Waals surface area contributed by atoms with Crippen molar-refractivity contribution in [2.24, 2.45) is 0 Å². The average Bonchev–Trinajstić information content (AvgIpc) is 2.35. The Morgan fingerprint density at radius 2 is 1.57 bits per heavy atom. The van der Waals surface area contributed by atoms with Crippen molar-refractivity contribution in [2.45, 2.75) is 50.6 Å². The van der Waals surface area contributed by atoms with Gasteiger partial charge in [0.15, 0.2) is 12.2 Å². The third kappa shape index (κ3) is 5.18. The molecule has 1 rings (SSSR count). The Kier molecular flexibility index (Phi) is 6.43. The van der Waals surface area contributed by atoms with Gasteiger partial charge in [0, 0.05) is 20.8 Å². The number of esters is 3. The van der Waals surface area contributed by atoms with Gasteiger partial charge in [-0.1, -0.05) is 0 Å². The van der Waals surface area contributed by atoms with Gasteiger partial charge in [0.25, 0.3) is 0 Å². The minimum atomic E-state index is -1.35. The average molecular weight is 322 g/mol. The zero-order valence-electron chi connectivity index (χ0n) is 11.8. The largest absolute Gasteiger partial charge is 0.463 e. The molecule has 1 aliphatic heterocycles. The van der Waals surface area contributed by atoms with Gasteiger partial charge in [-0.15, -0.1) is 12.6 Å². The van der Waals surface area contributed by atoms with Gasteiger partial charge in [-0.05, 0) is 0 Å². The molecule has 1 aliphatic rings. The van der Waals surface area contributed by atoms with Crippen molar-refractivity contribution in [3.05, 3.63) is 0 Å². The third-order valence-electron chi connectivity index (χ3n) is 2.69. The summed E-state index contributed by atoms with van der Waals surface area (Å²) in [5, 5.41) is 10.2. The molecule has 1 fully saturated rings. The van der Waals surface area contributed by atoms with Crippen molar-refractivity contribution in [3.8, 4) is 0 Å². The molecule has 0 aromatic carbocycles. The van der Waals surface area contributed by atoms with E-state index in [0.29, 0.717) is 0 Å². The van der Waals surface area contributed by atoms with Crippen molar-refractivity contribution < 1.29 is 38.4 Å². The lowest BCUT2D eigenvalue weighted by atomic mass is 9.99. The Balaban J connectivity index is 2.86. The molecule has 1 N–H and O–H groups in total. The summed E-state index contributed by atoms with van der Waals surface area (Å²) in [5.74, 6) is -1.84. The lowest BCUT2D eigenvalue weighted by Crippen LogP contribution is -2.59. The Morgan fingerprint density at radius 3 is 2.05 bits per heavy atom. The molecule has 0 aromatic heterocycles. The summed E-state index contributed by atoms with van der Waals surface area (Å²) in [6.45, 7) is 3.30. The van der Waals surface area contributed by atoms with Crippen LogP contribution in [-0.2, 0) is 33.3 Å². The van der Waals surface area contributed by atoms with E-state index in [9.17, 15) is 19.5 Å². The second-order valence-corrected chi connectivity index (χ2v) is 5.02. The molecule has 0 bridgehead atoms. The number of carbonyl (C=O) groups is 3. The van der Waals surface area contributed by atoms with Crippen LogP contribution in [0, 0.1) is 0 Å². The molecule has 0 amide bonds.